The largest absolute Gasteiger partial charge is 0.328 e. The molecule has 0 amide bonds. The van der Waals surface area contributed by atoms with Gasteiger partial charge in [-0.2, -0.15) is 0 Å². The van der Waals surface area contributed by atoms with Gasteiger partial charge in [0.25, 0.3) is 21.4 Å². The van der Waals surface area contributed by atoms with E-state index in [1.807, 2.05) is 4.72 Å². The van der Waals surface area contributed by atoms with E-state index in [1.165, 1.54) is 35.4 Å². The number of nitro benzene ring substituents is 2. The third-order valence-electron chi connectivity index (χ3n) is 4.18. The number of nitrogens with zero attached hydrogens (tertiary/aromatic N) is 4. The van der Waals surface area contributed by atoms with Crippen molar-refractivity contribution in [3.63, 3.8) is 0 Å². The Labute approximate surface area is 157 Å². The fourth-order valence-electron chi connectivity index (χ4n) is 2.80. The highest BCUT2D eigenvalue weighted by Gasteiger charge is 2.28. The predicted octanol–water partition coefficient (Wildman–Crippen LogP) is 1.49. The maximum Gasteiger partial charge on any atom is 0.328 e. The van der Waals surface area contributed by atoms with Crippen LogP contribution in [0.25, 0.3) is 11.0 Å². The molecule has 0 saturated carbocycles. The molecule has 3 rings (SSSR count). The van der Waals surface area contributed by atoms with Crippen LogP contribution in [0, 0.1) is 20.2 Å². The molecule has 0 unspecified atom stereocenters. The molecular formula is C15H13N5O7S. The van der Waals surface area contributed by atoms with Crippen molar-refractivity contribution >= 4 is 38.1 Å². The summed E-state index contributed by atoms with van der Waals surface area (Å²) < 4.78 is 29.8. The lowest BCUT2D eigenvalue weighted by molar-refractivity contribution is -0.387. The third-order valence-corrected chi connectivity index (χ3v) is 5.59. The smallest absolute Gasteiger partial charge is 0.295 e. The average Bonchev–Trinajstić information content (AvgIpc) is 2.84. The van der Waals surface area contributed by atoms with Crippen molar-refractivity contribution in [2.45, 2.75) is 4.90 Å². The minimum atomic E-state index is -4.52. The highest BCUT2D eigenvalue weighted by atomic mass is 32.2. The van der Waals surface area contributed by atoms with E-state index in [-0.39, 0.29) is 11.0 Å². The first-order valence-electron chi connectivity index (χ1n) is 7.64. The molecule has 0 atom stereocenters. The van der Waals surface area contributed by atoms with Crippen molar-refractivity contribution in [2.75, 3.05) is 4.72 Å². The number of anilines is 1. The van der Waals surface area contributed by atoms with E-state index in [4.69, 9.17) is 0 Å². The summed E-state index contributed by atoms with van der Waals surface area (Å²) in [5.74, 6) is 0. The van der Waals surface area contributed by atoms with Gasteiger partial charge >= 0.3 is 5.69 Å². The highest BCUT2D eigenvalue weighted by Crippen LogP contribution is 2.33. The topological polar surface area (TPSA) is 159 Å². The van der Waals surface area contributed by atoms with Crippen LogP contribution < -0.4 is 10.4 Å². The number of hydrogen-bond donors (Lipinski definition) is 1. The normalized spacial score (nSPS) is 11.5. The quantitative estimate of drug-likeness (QED) is 0.495. The Morgan fingerprint density at radius 3 is 2.04 bits per heavy atom. The maximum atomic E-state index is 12.7. The zero-order valence-electron chi connectivity index (χ0n) is 14.5. The number of hydrogen-bond acceptors (Lipinski definition) is 7. The highest BCUT2D eigenvalue weighted by molar-refractivity contribution is 7.92. The average molecular weight is 407 g/mol. The Balaban J connectivity index is 2.23. The second-order valence-electron chi connectivity index (χ2n) is 5.85. The van der Waals surface area contributed by atoms with Crippen LogP contribution >= 0.6 is 0 Å². The molecule has 0 aliphatic carbocycles. The van der Waals surface area contributed by atoms with Gasteiger partial charge in [-0.1, -0.05) is 12.1 Å². The van der Waals surface area contributed by atoms with Crippen LogP contribution in [0.3, 0.4) is 0 Å². The summed E-state index contributed by atoms with van der Waals surface area (Å²) in [7, 11) is -1.67. The van der Waals surface area contributed by atoms with E-state index in [0.29, 0.717) is 0 Å². The second-order valence-corrected chi connectivity index (χ2v) is 7.50. The van der Waals surface area contributed by atoms with Crippen LogP contribution in [0.5, 0.6) is 0 Å². The zero-order valence-corrected chi connectivity index (χ0v) is 15.3. The summed E-state index contributed by atoms with van der Waals surface area (Å²) >= 11 is 0. The number of sulfonamides is 1. The standard InChI is InChI=1S/C15H13N5O7S/c1-17-12-7-9(11(20(24)25)8-13(12)18(2)15(17)21)16-28(26,27)14-6-4-3-5-10(14)19(22)23/h3-8,16H,1-2H3. The molecule has 0 spiro atoms. The molecule has 0 aliphatic heterocycles. The van der Waals surface area contributed by atoms with Crippen LogP contribution in [0.15, 0.2) is 46.1 Å². The molecule has 0 aliphatic rings. The lowest BCUT2D eigenvalue weighted by atomic mass is 10.2. The Morgan fingerprint density at radius 2 is 1.46 bits per heavy atom. The Kier molecular flexibility index (Phi) is 4.39. The van der Waals surface area contributed by atoms with E-state index in [9.17, 15) is 33.4 Å². The van der Waals surface area contributed by atoms with Crippen molar-refractivity contribution in [2.24, 2.45) is 14.1 Å². The number of fused-ring (bicyclic) bond motifs is 1. The molecule has 146 valence electrons. The number of aryl methyl sites for hydroxylation is 2. The Bertz CT molecular complexity index is 1310. The Morgan fingerprint density at radius 1 is 0.929 bits per heavy atom. The zero-order chi connectivity index (χ0) is 20.8. The molecule has 13 heteroatoms. The molecule has 3 aromatic rings. The first-order valence-corrected chi connectivity index (χ1v) is 9.13. The molecule has 1 aromatic heterocycles. The van der Waals surface area contributed by atoms with Crippen molar-refractivity contribution < 1.29 is 18.3 Å². The van der Waals surface area contributed by atoms with Gasteiger partial charge in [-0.25, -0.2) is 13.2 Å². The molecule has 12 nitrogen and oxygen atoms in total. The monoisotopic (exact) mass is 407 g/mol. The number of rotatable bonds is 5. The summed E-state index contributed by atoms with van der Waals surface area (Å²) in [5.41, 5.74) is -1.67. The summed E-state index contributed by atoms with van der Waals surface area (Å²) in [6, 6.07) is 6.82. The Hall–Kier alpha value is -3.74. The van der Waals surface area contributed by atoms with Crippen molar-refractivity contribution in [3.05, 3.63) is 67.1 Å². The minimum Gasteiger partial charge on any atom is -0.295 e. The fraction of sp³-hybridized carbons (Fsp3) is 0.133. The first kappa shape index (κ1) is 19.0. The molecule has 1 N–H and O–H groups in total. The molecular weight excluding hydrogens is 394 g/mol. The number of nitro groups is 2. The van der Waals surface area contributed by atoms with E-state index >= 15 is 0 Å². The van der Waals surface area contributed by atoms with Gasteiger partial charge < -0.3 is 0 Å². The van der Waals surface area contributed by atoms with Gasteiger partial charge in [0.15, 0.2) is 4.90 Å². The minimum absolute atomic E-state index is 0.229. The molecule has 28 heavy (non-hydrogen) atoms. The van der Waals surface area contributed by atoms with Crippen molar-refractivity contribution in [1.29, 1.82) is 0 Å². The molecule has 1 heterocycles. The number of imidazole rings is 1. The van der Waals surface area contributed by atoms with E-state index in [2.05, 4.69) is 0 Å². The van der Waals surface area contributed by atoms with E-state index < -0.39 is 47.5 Å². The van der Waals surface area contributed by atoms with Gasteiger partial charge in [0, 0.05) is 26.2 Å². The first-order chi connectivity index (χ1) is 13.0. The molecule has 0 radical (unpaired) electrons. The van der Waals surface area contributed by atoms with Crippen molar-refractivity contribution in [1.82, 2.24) is 9.13 Å². The van der Waals surface area contributed by atoms with Crippen LogP contribution in [0.4, 0.5) is 17.1 Å². The van der Waals surface area contributed by atoms with Gasteiger partial charge in [0.2, 0.25) is 0 Å². The summed E-state index contributed by atoms with van der Waals surface area (Å²) in [5, 5.41) is 22.6. The summed E-state index contributed by atoms with van der Waals surface area (Å²) in [4.78, 5) is 32.3. The molecule has 2 aromatic carbocycles. The van der Waals surface area contributed by atoms with Gasteiger partial charge in [-0.3, -0.25) is 34.1 Å². The van der Waals surface area contributed by atoms with Gasteiger partial charge in [-0.05, 0) is 12.1 Å². The third kappa shape index (κ3) is 2.96. The van der Waals surface area contributed by atoms with Crippen LogP contribution in [-0.4, -0.2) is 27.4 Å². The van der Waals surface area contributed by atoms with Crippen molar-refractivity contribution in [3.8, 4) is 0 Å². The molecule has 0 saturated heterocycles. The van der Waals surface area contributed by atoms with Crippen LogP contribution in [-0.2, 0) is 24.1 Å². The van der Waals surface area contributed by atoms with Crippen LogP contribution in [0.2, 0.25) is 0 Å². The maximum absolute atomic E-state index is 12.7. The number of aromatic nitrogens is 2. The van der Waals surface area contributed by atoms with Gasteiger partial charge in [-0.15, -0.1) is 0 Å². The fourth-order valence-corrected chi connectivity index (χ4v) is 4.04. The SMILES string of the molecule is Cn1c(=O)n(C)c2cc([N+](=O)[O-])c(NS(=O)(=O)c3ccccc3[N+](=O)[O-])cc21. The second kappa shape index (κ2) is 6.45. The lowest BCUT2D eigenvalue weighted by Gasteiger charge is -2.09. The van der Waals surface area contributed by atoms with E-state index in [0.717, 1.165) is 24.3 Å². The predicted molar refractivity (Wildman–Crippen MR) is 98.7 cm³/mol. The summed E-state index contributed by atoms with van der Waals surface area (Å²) in [6.07, 6.45) is 0. The lowest BCUT2D eigenvalue weighted by Crippen LogP contribution is -2.19. The van der Waals surface area contributed by atoms with Gasteiger partial charge in [0.05, 0.1) is 20.9 Å². The summed E-state index contributed by atoms with van der Waals surface area (Å²) in [6.45, 7) is 0. The molecule has 0 bridgehead atoms. The van der Waals surface area contributed by atoms with E-state index in [1.54, 1.807) is 0 Å². The number of nitrogens with one attached hydrogen (secondary N) is 1. The van der Waals surface area contributed by atoms with Gasteiger partial charge in [0.1, 0.15) is 5.69 Å². The molecule has 0 fully saturated rings. The number of para-hydroxylation sites is 1. The number of benzene rings is 2. The van der Waals surface area contributed by atoms with Crippen LogP contribution in [0.1, 0.15) is 0 Å².